The average Bonchev–Trinajstić information content (AvgIpc) is 2.99. The summed E-state index contributed by atoms with van der Waals surface area (Å²) in [5.41, 5.74) is 0.762. The maximum atomic E-state index is 5.30. The number of hydrogen-bond donors (Lipinski definition) is 1. The van der Waals surface area contributed by atoms with Crippen molar-refractivity contribution in [2.45, 2.75) is 19.3 Å². The van der Waals surface area contributed by atoms with Gasteiger partial charge in [-0.1, -0.05) is 5.16 Å². The predicted molar refractivity (Wildman–Crippen MR) is 65.8 cm³/mol. The molecule has 0 amide bonds. The highest BCUT2D eigenvalue weighted by Crippen LogP contribution is 2.19. The zero-order valence-electron chi connectivity index (χ0n) is 10.5. The van der Waals surface area contributed by atoms with Crippen LogP contribution in [0.3, 0.4) is 0 Å². The zero-order chi connectivity index (χ0) is 12.4. The molecule has 0 spiro atoms. The first-order chi connectivity index (χ1) is 8.81. The maximum Gasteiger partial charge on any atom is 0.227 e. The van der Waals surface area contributed by atoms with Gasteiger partial charge in [-0.2, -0.15) is 10.1 Å². The lowest BCUT2D eigenvalue weighted by molar-refractivity contribution is 0.313. The van der Waals surface area contributed by atoms with Crippen LogP contribution in [0.2, 0.25) is 0 Å². The fourth-order valence-corrected chi connectivity index (χ4v) is 2.31. The first kappa shape index (κ1) is 11.4. The molecule has 0 bridgehead atoms. The van der Waals surface area contributed by atoms with E-state index in [1.54, 1.807) is 4.68 Å². The SMILES string of the molecule is Cn1ccc(-c2noc(CC3CCNCC3)n2)n1. The van der Waals surface area contributed by atoms with E-state index < -0.39 is 0 Å². The predicted octanol–water partition coefficient (Wildman–Crippen LogP) is 1.01. The Morgan fingerprint density at radius 3 is 3.00 bits per heavy atom. The van der Waals surface area contributed by atoms with Gasteiger partial charge in [0.15, 0.2) is 0 Å². The number of aromatic nitrogens is 4. The number of rotatable bonds is 3. The molecule has 0 aliphatic carbocycles. The van der Waals surface area contributed by atoms with E-state index >= 15 is 0 Å². The molecule has 0 unspecified atom stereocenters. The van der Waals surface area contributed by atoms with E-state index in [1.807, 2.05) is 19.3 Å². The lowest BCUT2D eigenvalue weighted by Crippen LogP contribution is -2.28. The average molecular weight is 247 g/mol. The van der Waals surface area contributed by atoms with E-state index in [4.69, 9.17) is 4.52 Å². The van der Waals surface area contributed by atoms with Gasteiger partial charge in [0.25, 0.3) is 0 Å². The number of hydrogen-bond acceptors (Lipinski definition) is 5. The Morgan fingerprint density at radius 1 is 1.44 bits per heavy atom. The molecule has 1 saturated heterocycles. The first-order valence-corrected chi connectivity index (χ1v) is 6.34. The van der Waals surface area contributed by atoms with E-state index in [9.17, 15) is 0 Å². The highest BCUT2D eigenvalue weighted by molar-refractivity contribution is 5.46. The number of piperidine rings is 1. The van der Waals surface area contributed by atoms with Crippen molar-refractivity contribution in [1.82, 2.24) is 25.2 Å². The molecule has 6 heteroatoms. The summed E-state index contributed by atoms with van der Waals surface area (Å²) in [6, 6.07) is 1.89. The van der Waals surface area contributed by atoms with Crippen molar-refractivity contribution in [1.29, 1.82) is 0 Å². The van der Waals surface area contributed by atoms with Gasteiger partial charge in [-0.15, -0.1) is 0 Å². The fourth-order valence-electron chi connectivity index (χ4n) is 2.31. The topological polar surface area (TPSA) is 68.8 Å². The molecule has 0 radical (unpaired) electrons. The summed E-state index contributed by atoms with van der Waals surface area (Å²) in [7, 11) is 1.87. The molecule has 3 heterocycles. The van der Waals surface area contributed by atoms with Gasteiger partial charge in [0.1, 0.15) is 5.69 Å². The van der Waals surface area contributed by atoms with E-state index in [0.717, 1.165) is 31.1 Å². The van der Waals surface area contributed by atoms with Gasteiger partial charge in [-0.3, -0.25) is 4.68 Å². The third-order valence-electron chi connectivity index (χ3n) is 3.33. The van der Waals surface area contributed by atoms with Crippen LogP contribution in [0.25, 0.3) is 11.5 Å². The van der Waals surface area contributed by atoms with Gasteiger partial charge in [-0.05, 0) is 37.9 Å². The van der Waals surface area contributed by atoms with Crippen LogP contribution >= 0.6 is 0 Å². The van der Waals surface area contributed by atoms with Crippen LogP contribution in [-0.4, -0.2) is 33.0 Å². The van der Waals surface area contributed by atoms with Gasteiger partial charge in [0.05, 0.1) is 0 Å². The lowest BCUT2D eigenvalue weighted by Gasteiger charge is -2.20. The van der Waals surface area contributed by atoms with Crippen LogP contribution in [0.5, 0.6) is 0 Å². The summed E-state index contributed by atoms with van der Waals surface area (Å²) in [6.45, 7) is 2.18. The molecule has 3 rings (SSSR count). The number of aryl methyl sites for hydroxylation is 1. The Hall–Kier alpha value is -1.69. The molecule has 6 nitrogen and oxygen atoms in total. The van der Waals surface area contributed by atoms with Crippen molar-refractivity contribution in [2.75, 3.05) is 13.1 Å². The quantitative estimate of drug-likeness (QED) is 0.876. The minimum Gasteiger partial charge on any atom is -0.339 e. The minimum absolute atomic E-state index is 0.583. The third kappa shape index (κ3) is 2.43. The van der Waals surface area contributed by atoms with Gasteiger partial charge in [0.2, 0.25) is 11.7 Å². The second kappa shape index (κ2) is 4.89. The second-order valence-electron chi connectivity index (χ2n) is 4.78. The van der Waals surface area contributed by atoms with Crippen molar-refractivity contribution in [3.8, 4) is 11.5 Å². The van der Waals surface area contributed by atoms with Crippen molar-refractivity contribution >= 4 is 0 Å². The van der Waals surface area contributed by atoms with Crippen LogP contribution < -0.4 is 5.32 Å². The summed E-state index contributed by atoms with van der Waals surface area (Å²) in [5, 5.41) is 11.6. The molecule has 1 aliphatic heterocycles. The molecule has 1 fully saturated rings. The Bertz CT molecular complexity index is 512. The Morgan fingerprint density at radius 2 is 2.28 bits per heavy atom. The molecule has 0 atom stereocenters. The third-order valence-corrected chi connectivity index (χ3v) is 3.33. The molecule has 96 valence electrons. The molecular formula is C12H17N5O. The van der Waals surface area contributed by atoms with Gasteiger partial charge in [-0.25, -0.2) is 0 Å². The monoisotopic (exact) mass is 247 g/mol. The molecular weight excluding hydrogens is 230 g/mol. The summed E-state index contributed by atoms with van der Waals surface area (Å²) in [6.07, 6.45) is 5.11. The van der Waals surface area contributed by atoms with Crippen molar-refractivity contribution in [3.05, 3.63) is 18.2 Å². The van der Waals surface area contributed by atoms with Crippen LogP contribution in [0, 0.1) is 5.92 Å². The standard InChI is InChI=1S/C12H17N5O/c1-17-7-4-10(15-17)12-14-11(18-16-12)8-9-2-5-13-6-3-9/h4,7,9,13H,2-3,5-6,8H2,1H3. The molecule has 0 aromatic carbocycles. The summed E-state index contributed by atoms with van der Waals surface area (Å²) < 4.78 is 7.03. The Kier molecular flexibility index (Phi) is 3.10. The molecule has 18 heavy (non-hydrogen) atoms. The second-order valence-corrected chi connectivity index (χ2v) is 4.78. The maximum absolute atomic E-state index is 5.30. The minimum atomic E-state index is 0.583. The van der Waals surface area contributed by atoms with Crippen LogP contribution in [0.4, 0.5) is 0 Å². The van der Waals surface area contributed by atoms with Crippen LogP contribution in [0.15, 0.2) is 16.8 Å². The first-order valence-electron chi connectivity index (χ1n) is 6.34. The molecule has 0 saturated carbocycles. The van der Waals surface area contributed by atoms with Gasteiger partial charge >= 0.3 is 0 Å². The molecule has 2 aromatic rings. The van der Waals surface area contributed by atoms with E-state index in [2.05, 4.69) is 20.6 Å². The van der Waals surface area contributed by atoms with Crippen molar-refractivity contribution in [3.63, 3.8) is 0 Å². The normalized spacial score (nSPS) is 17.2. The molecule has 1 N–H and O–H groups in total. The fraction of sp³-hybridized carbons (Fsp3) is 0.583. The molecule has 1 aliphatic rings. The van der Waals surface area contributed by atoms with Crippen LogP contribution in [-0.2, 0) is 13.5 Å². The zero-order valence-corrected chi connectivity index (χ0v) is 10.5. The Labute approximate surface area is 105 Å². The number of nitrogens with one attached hydrogen (secondary N) is 1. The van der Waals surface area contributed by atoms with Gasteiger partial charge < -0.3 is 9.84 Å². The highest BCUT2D eigenvalue weighted by atomic mass is 16.5. The number of nitrogens with zero attached hydrogens (tertiary/aromatic N) is 4. The van der Waals surface area contributed by atoms with Crippen molar-refractivity contribution in [2.24, 2.45) is 13.0 Å². The van der Waals surface area contributed by atoms with Crippen molar-refractivity contribution < 1.29 is 4.52 Å². The van der Waals surface area contributed by atoms with Gasteiger partial charge in [0, 0.05) is 19.7 Å². The summed E-state index contributed by atoms with van der Waals surface area (Å²) in [4.78, 5) is 4.41. The largest absolute Gasteiger partial charge is 0.339 e. The summed E-state index contributed by atoms with van der Waals surface area (Å²) >= 11 is 0. The highest BCUT2D eigenvalue weighted by Gasteiger charge is 2.18. The smallest absolute Gasteiger partial charge is 0.227 e. The van der Waals surface area contributed by atoms with E-state index in [1.165, 1.54) is 12.8 Å². The lowest BCUT2D eigenvalue weighted by atomic mass is 9.95. The van der Waals surface area contributed by atoms with Crippen LogP contribution in [0.1, 0.15) is 18.7 Å². The van der Waals surface area contributed by atoms with E-state index in [0.29, 0.717) is 11.7 Å². The Balaban J connectivity index is 1.69. The summed E-state index contributed by atoms with van der Waals surface area (Å²) in [5.74, 6) is 1.96. The molecule has 2 aromatic heterocycles. The van der Waals surface area contributed by atoms with E-state index in [-0.39, 0.29) is 0 Å².